The standard InChI is InChI=1S/C13H22N2O2/c14-8-2-1-3-9-15-10-6-12(7-11-15)4-5-13(16)17/h12H,1-7,9-11H2,(H,16,17). The Morgan fingerprint density at radius 2 is 2.06 bits per heavy atom. The van der Waals surface area contributed by atoms with E-state index in [9.17, 15) is 4.79 Å². The maximum atomic E-state index is 10.5. The van der Waals surface area contributed by atoms with Crippen LogP contribution >= 0.6 is 0 Å². The van der Waals surface area contributed by atoms with E-state index in [1.165, 1.54) is 0 Å². The third-order valence-corrected chi connectivity index (χ3v) is 3.49. The van der Waals surface area contributed by atoms with Gasteiger partial charge in [0, 0.05) is 12.8 Å². The molecule has 0 unspecified atom stereocenters. The molecule has 0 atom stereocenters. The lowest BCUT2D eigenvalue weighted by Crippen LogP contribution is -2.34. The average Bonchev–Trinajstić information content (AvgIpc) is 2.33. The fourth-order valence-electron chi connectivity index (χ4n) is 2.37. The summed E-state index contributed by atoms with van der Waals surface area (Å²) in [7, 11) is 0. The first-order chi connectivity index (χ1) is 8.22. The Bertz CT molecular complexity index is 265. The molecule has 17 heavy (non-hydrogen) atoms. The van der Waals surface area contributed by atoms with Crippen molar-refractivity contribution in [1.29, 1.82) is 5.26 Å². The fraction of sp³-hybridized carbons (Fsp3) is 0.846. The number of piperidine rings is 1. The summed E-state index contributed by atoms with van der Waals surface area (Å²) in [4.78, 5) is 12.9. The van der Waals surface area contributed by atoms with Gasteiger partial charge in [-0.1, -0.05) is 0 Å². The molecular formula is C13H22N2O2. The number of unbranched alkanes of at least 4 members (excludes halogenated alkanes) is 2. The number of carbonyl (C=O) groups is 1. The van der Waals surface area contributed by atoms with E-state index < -0.39 is 5.97 Å². The smallest absolute Gasteiger partial charge is 0.303 e. The Morgan fingerprint density at radius 1 is 1.35 bits per heavy atom. The number of carboxylic acid groups (broad SMARTS) is 1. The molecule has 96 valence electrons. The summed E-state index contributed by atoms with van der Waals surface area (Å²) in [5.41, 5.74) is 0. The van der Waals surface area contributed by atoms with Gasteiger partial charge in [0.15, 0.2) is 0 Å². The summed E-state index contributed by atoms with van der Waals surface area (Å²) in [5.74, 6) is -0.0783. The van der Waals surface area contributed by atoms with Crippen LogP contribution in [-0.4, -0.2) is 35.6 Å². The van der Waals surface area contributed by atoms with Crippen LogP contribution in [0.15, 0.2) is 0 Å². The van der Waals surface area contributed by atoms with Gasteiger partial charge in [0.1, 0.15) is 0 Å². The van der Waals surface area contributed by atoms with Crippen molar-refractivity contribution in [3.63, 3.8) is 0 Å². The molecular weight excluding hydrogens is 216 g/mol. The Morgan fingerprint density at radius 3 is 2.65 bits per heavy atom. The van der Waals surface area contributed by atoms with E-state index in [2.05, 4.69) is 11.0 Å². The minimum absolute atomic E-state index is 0.312. The number of hydrogen-bond acceptors (Lipinski definition) is 3. The van der Waals surface area contributed by atoms with Crippen molar-refractivity contribution >= 4 is 5.97 Å². The molecule has 0 amide bonds. The molecule has 0 radical (unpaired) electrons. The maximum Gasteiger partial charge on any atom is 0.303 e. The number of carboxylic acids is 1. The van der Waals surface area contributed by atoms with Crippen LogP contribution in [0.3, 0.4) is 0 Å². The van der Waals surface area contributed by atoms with Gasteiger partial charge in [-0.3, -0.25) is 4.79 Å². The Hall–Kier alpha value is -1.08. The van der Waals surface area contributed by atoms with Crippen molar-refractivity contribution < 1.29 is 9.90 Å². The minimum atomic E-state index is -0.677. The van der Waals surface area contributed by atoms with Crippen LogP contribution in [-0.2, 0) is 4.79 Å². The fourth-order valence-corrected chi connectivity index (χ4v) is 2.37. The van der Waals surface area contributed by atoms with Crippen molar-refractivity contribution in [3.8, 4) is 6.07 Å². The molecule has 1 heterocycles. The minimum Gasteiger partial charge on any atom is -0.481 e. The lowest BCUT2D eigenvalue weighted by molar-refractivity contribution is -0.137. The Balaban J connectivity index is 2.05. The van der Waals surface area contributed by atoms with Gasteiger partial charge in [-0.25, -0.2) is 0 Å². The summed E-state index contributed by atoms with van der Waals surface area (Å²) in [6.45, 7) is 3.28. The lowest BCUT2D eigenvalue weighted by atomic mass is 9.92. The zero-order chi connectivity index (χ0) is 12.5. The first-order valence-corrected chi connectivity index (χ1v) is 6.53. The van der Waals surface area contributed by atoms with Crippen LogP contribution in [0.2, 0.25) is 0 Å². The third kappa shape index (κ3) is 6.28. The second-order valence-electron chi connectivity index (χ2n) is 4.83. The number of aliphatic carboxylic acids is 1. The molecule has 1 aliphatic heterocycles. The highest BCUT2D eigenvalue weighted by Crippen LogP contribution is 2.22. The molecule has 1 rings (SSSR count). The molecule has 0 aromatic rings. The molecule has 4 nitrogen and oxygen atoms in total. The van der Waals surface area contributed by atoms with Crippen LogP contribution in [0.4, 0.5) is 0 Å². The van der Waals surface area contributed by atoms with E-state index in [0.29, 0.717) is 18.8 Å². The second-order valence-corrected chi connectivity index (χ2v) is 4.83. The summed E-state index contributed by atoms with van der Waals surface area (Å²) in [6, 6.07) is 2.17. The van der Waals surface area contributed by atoms with Gasteiger partial charge in [-0.05, 0) is 57.7 Å². The lowest BCUT2D eigenvalue weighted by Gasteiger charge is -2.31. The van der Waals surface area contributed by atoms with E-state index in [4.69, 9.17) is 10.4 Å². The molecule has 1 aliphatic rings. The highest BCUT2D eigenvalue weighted by atomic mass is 16.4. The van der Waals surface area contributed by atoms with E-state index in [0.717, 1.165) is 51.7 Å². The van der Waals surface area contributed by atoms with Crippen LogP contribution in [0, 0.1) is 17.2 Å². The molecule has 1 fully saturated rings. The first kappa shape index (κ1) is 14.0. The van der Waals surface area contributed by atoms with E-state index in [1.54, 1.807) is 0 Å². The summed E-state index contributed by atoms with van der Waals surface area (Å²) in [5, 5.41) is 17.1. The number of nitriles is 1. The molecule has 0 aromatic carbocycles. The molecule has 0 saturated carbocycles. The number of rotatable bonds is 7. The second kappa shape index (κ2) is 8.08. The quantitative estimate of drug-likeness (QED) is 0.691. The summed E-state index contributed by atoms with van der Waals surface area (Å²) >= 11 is 0. The molecule has 4 heteroatoms. The zero-order valence-electron chi connectivity index (χ0n) is 10.4. The predicted octanol–water partition coefficient (Wildman–Crippen LogP) is 2.26. The van der Waals surface area contributed by atoms with E-state index >= 15 is 0 Å². The van der Waals surface area contributed by atoms with Crippen LogP contribution < -0.4 is 0 Å². The van der Waals surface area contributed by atoms with Crippen LogP contribution in [0.1, 0.15) is 44.9 Å². The van der Waals surface area contributed by atoms with E-state index in [-0.39, 0.29) is 0 Å². The largest absolute Gasteiger partial charge is 0.481 e. The predicted molar refractivity (Wildman–Crippen MR) is 65.5 cm³/mol. The Kier molecular flexibility index (Phi) is 6.64. The molecule has 0 spiro atoms. The molecule has 0 aliphatic carbocycles. The van der Waals surface area contributed by atoms with Crippen LogP contribution in [0.5, 0.6) is 0 Å². The van der Waals surface area contributed by atoms with Crippen molar-refractivity contribution in [1.82, 2.24) is 4.90 Å². The van der Waals surface area contributed by atoms with Gasteiger partial charge in [0.05, 0.1) is 6.07 Å². The average molecular weight is 238 g/mol. The Labute approximate surface area is 103 Å². The molecule has 1 saturated heterocycles. The zero-order valence-corrected chi connectivity index (χ0v) is 10.4. The van der Waals surface area contributed by atoms with Crippen molar-refractivity contribution in [2.75, 3.05) is 19.6 Å². The number of likely N-dealkylation sites (tertiary alicyclic amines) is 1. The first-order valence-electron chi connectivity index (χ1n) is 6.53. The van der Waals surface area contributed by atoms with Gasteiger partial charge in [0.2, 0.25) is 0 Å². The van der Waals surface area contributed by atoms with Crippen molar-refractivity contribution in [2.24, 2.45) is 5.92 Å². The van der Waals surface area contributed by atoms with Crippen LogP contribution in [0.25, 0.3) is 0 Å². The van der Waals surface area contributed by atoms with Gasteiger partial charge in [-0.2, -0.15) is 5.26 Å². The monoisotopic (exact) mass is 238 g/mol. The topological polar surface area (TPSA) is 64.3 Å². The van der Waals surface area contributed by atoms with Gasteiger partial charge < -0.3 is 10.0 Å². The highest BCUT2D eigenvalue weighted by Gasteiger charge is 2.19. The SMILES string of the molecule is N#CCCCCN1CCC(CCC(=O)O)CC1. The van der Waals surface area contributed by atoms with E-state index in [1.807, 2.05) is 0 Å². The van der Waals surface area contributed by atoms with Crippen molar-refractivity contribution in [2.45, 2.75) is 44.9 Å². The van der Waals surface area contributed by atoms with Gasteiger partial charge >= 0.3 is 5.97 Å². The number of nitrogens with zero attached hydrogens (tertiary/aromatic N) is 2. The maximum absolute atomic E-state index is 10.5. The molecule has 1 N–H and O–H groups in total. The number of hydrogen-bond donors (Lipinski definition) is 1. The summed E-state index contributed by atoms with van der Waals surface area (Å²) in [6.07, 6.45) is 6.17. The van der Waals surface area contributed by atoms with Gasteiger partial charge in [-0.15, -0.1) is 0 Å². The van der Waals surface area contributed by atoms with Gasteiger partial charge in [0.25, 0.3) is 0 Å². The summed E-state index contributed by atoms with van der Waals surface area (Å²) < 4.78 is 0. The van der Waals surface area contributed by atoms with Crippen molar-refractivity contribution in [3.05, 3.63) is 0 Å². The molecule has 0 bridgehead atoms. The molecule has 0 aromatic heterocycles. The third-order valence-electron chi connectivity index (χ3n) is 3.49. The normalized spacial score (nSPS) is 17.8. The highest BCUT2D eigenvalue weighted by molar-refractivity contribution is 5.66.